The minimum absolute atomic E-state index is 0. The number of hydrogen-bond acceptors (Lipinski definition) is 7. The van der Waals surface area contributed by atoms with Crippen LogP contribution < -0.4 is 15.5 Å². The maximum Gasteiger partial charge on any atom is 0.240 e. The lowest BCUT2D eigenvalue weighted by Gasteiger charge is -2.35. The molecule has 1 unspecified atom stereocenters. The highest BCUT2D eigenvalue weighted by atomic mass is 35.5. The second kappa shape index (κ2) is 11.5. The van der Waals surface area contributed by atoms with Crippen LogP contribution in [0, 0.1) is 12.7 Å². The molecule has 1 atom stereocenters. The Balaban J connectivity index is 0.00000342. The number of hydrogen-bond donors (Lipinski definition) is 2. The van der Waals surface area contributed by atoms with E-state index in [-0.39, 0.29) is 23.6 Å². The van der Waals surface area contributed by atoms with Crippen molar-refractivity contribution < 1.29 is 8.91 Å². The van der Waals surface area contributed by atoms with Crippen LogP contribution in [0.3, 0.4) is 0 Å². The number of aromatic nitrogens is 3. The molecule has 1 aliphatic heterocycles. The van der Waals surface area contributed by atoms with Gasteiger partial charge in [-0.05, 0) is 44.0 Å². The molecule has 9 heteroatoms. The van der Waals surface area contributed by atoms with E-state index in [1.807, 2.05) is 59.1 Å². The highest BCUT2D eigenvalue weighted by molar-refractivity contribution is 5.85. The Labute approximate surface area is 213 Å². The van der Waals surface area contributed by atoms with Gasteiger partial charge in [0.2, 0.25) is 5.89 Å². The van der Waals surface area contributed by atoms with Gasteiger partial charge in [0.25, 0.3) is 0 Å². The number of halogens is 2. The fourth-order valence-corrected chi connectivity index (χ4v) is 4.36. The summed E-state index contributed by atoms with van der Waals surface area (Å²) in [6.45, 7) is 10.7. The van der Waals surface area contributed by atoms with Crippen molar-refractivity contribution in [1.29, 1.82) is 0 Å². The van der Waals surface area contributed by atoms with Crippen LogP contribution in [-0.2, 0) is 18.5 Å². The van der Waals surface area contributed by atoms with Gasteiger partial charge in [0.1, 0.15) is 5.82 Å². The molecule has 0 spiro atoms. The summed E-state index contributed by atoms with van der Waals surface area (Å²) in [7, 11) is 2.00. The quantitative estimate of drug-likeness (QED) is 0.481. The summed E-state index contributed by atoms with van der Waals surface area (Å²) in [5.74, 6) is 1.02. The molecule has 0 aliphatic carbocycles. The van der Waals surface area contributed by atoms with Crippen LogP contribution in [0.25, 0.3) is 11.1 Å². The average Bonchev–Trinajstić information content (AvgIpc) is 3.32. The van der Waals surface area contributed by atoms with Crippen molar-refractivity contribution in [3.8, 4) is 11.1 Å². The smallest absolute Gasteiger partial charge is 0.240 e. The van der Waals surface area contributed by atoms with Crippen molar-refractivity contribution in [2.45, 2.75) is 65.1 Å². The maximum absolute atomic E-state index is 15.6. The molecular weight excluding hydrogens is 467 g/mol. The fourth-order valence-electron chi connectivity index (χ4n) is 4.36. The Morgan fingerprint density at radius 3 is 2.69 bits per heavy atom. The second-order valence-corrected chi connectivity index (χ2v) is 10.0. The molecule has 35 heavy (non-hydrogen) atoms. The predicted octanol–water partition coefficient (Wildman–Crippen LogP) is 4.78. The number of rotatable bonds is 7. The minimum Gasteiger partial charge on any atom is -0.368 e. The van der Waals surface area contributed by atoms with Gasteiger partial charge in [0.05, 0.1) is 18.4 Å². The summed E-state index contributed by atoms with van der Waals surface area (Å²) >= 11 is 0. The number of likely N-dealkylation sites (N-methyl/N-ethyl adjacent to an activating group) is 1. The third-order valence-corrected chi connectivity index (χ3v) is 6.49. The van der Waals surface area contributed by atoms with Gasteiger partial charge in [0.15, 0.2) is 5.82 Å². The van der Waals surface area contributed by atoms with Gasteiger partial charge in [0, 0.05) is 48.4 Å². The van der Waals surface area contributed by atoms with Gasteiger partial charge in [-0.3, -0.25) is 4.98 Å². The van der Waals surface area contributed by atoms with Crippen LogP contribution in [0.15, 0.2) is 35.1 Å². The topological polar surface area (TPSA) is 79.1 Å². The normalized spacial score (nSPS) is 16.3. The van der Waals surface area contributed by atoms with E-state index >= 15 is 4.39 Å². The molecule has 7 nitrogen and oxygen atoms in total. The van der Waals surface area contributed by atoms with Crippen molar-refractivity contribution in [2.75, 3.05) is 25.0 Å². The third kappa shape index (κ3) is 6.18. The van der Waals surface area contributed by atoms with Gasteiger partial charge in [-0.1, -0.05) is 38.1 Å². The van der Waals surface area contributed by atoms with E-state index < -0.39 is 0 Å². The van der Waals surface area contributed by atoms with Gasteiger partial charge >= 0.3 is 0 Å². The van der Waals surface area contributed by atoms with Crippen LogP contribution in [0.1, 0.15) is 56.5 Å². The first-order chi connectivity index (χ1) is 16.3. The SMILES string of the molecule is CNC1CCCN(c2cnccc2-c2ccc(CNCc3nc(C(C)(C)C)no3)c(C)c2F)C1.Cl. The lowest BCUT2D eigenvalue weighted by atomic mass is 9.96. The number of pyridine rings is 1. The average molecular weight is 503 g/mol. The Morgan fingerprint density at radius 1 is 1.17 bits per heavy atom. The highest BCUT2D eigenvalue weighted by Crippen LogP contribution is 2.35. The Bertz CT molecular complexity index is 1130. The fraction of sp³-hybridized carbons (Fsp3) is 0.500. The van der Waals surface area contributed by atoms with Crippen LogP contribution in [0.5, 0.6) is 0 Å². The molecule has 1 saturated heterocycles. The molecule has 0 bridgehead atoms. The van der Waals surface area contributed by atoms with Crippen molar-refractivity contribution in [1.82, 2.24) is 25.8 Å². The van der Waals surface area contributed by atoms with Gasteiger partial charge in [-0.25, -0.2) is 4.39 Å². The number of nitrogens with zero attached hydrogens (tertiary/aromatic N) is 4. The van der Waals surface area contributed by atoms with Crippen LogP contribution >= 0.6 is 12.4 Å². The first kappa shape index (κ1) is 27.0. The second-order valence-electron chi connectivity index (χ2n) is 10.0. The molecule has 3 aromatic rings. The number of piperidine rings is 1. The monoisotopic (exact) mass is 502 g/mol. The molecule has 1 aromatic carbocycles. The van der Waals surface area contributed by atoms with Crippen molar-refractivity contribution in [3.63, 3.8) is 0 Å². The lowest BCUT2D eigenvalue weighted by molar-refractivity contribution is 0.354. The van der Waals surface area contributed by atoms with E-state index in [4.69, 9.17) is 4.52 Å². The summed E-state index contributed by atoms with van der Waals surface area (Å²) in [6.07, 6.45) is 5.84. The number of anilines is 1. The molecule has 2 N–H and O–H groups in total. The van der Waals surface area contributed by atoms with E-state index in [1.54, 1.807) is 6.20 Å². The van der Waals surface area contributed by atoms with E-state index in [1.165, 1.54) is 0 Å². The minimum atomic E-state index is -0.193. The molecule has 2 aromatic heterocycles. The summed E-state index contributed by atoms with van der Waals surface area (Å²) in [5, 5.41) is 10.7. The zero-order chi connectivity index (χ0) is 24.3. The molecular formula is C26H36ClFN6O. The molecule has 0 amide bonds. The summed E-state index contributed by atoms with van der Waals surface area (Å²) in [4.78, 5) is 11.1. The molecule has 1 aliphatic rings. The maximum atomic E-state index is 15.6. The Hall–Kier alpha value is -2.55. The molecule has 4 rings (SSSR count). The molecule has 190 valence electrons. The summed E-state index contributed by atoms with van der Waals surface area (Å²) in [6, 6.07) is 6.21. The van der Waals surface area contributed by atoms with Crippen molar-refractivity contribution in [3.05, 3.63) is 59.3 Å². The van der Waals surface area contributed by atoms with E-state index in [9.17, 15) is 0 Å². The third-order valence-electron chi connectivity index (χ3n) is 6.49. The first-order valence-electron chi connectivity index (χ1n) is 12.0. The largest absolute Gasteiger partial charge is 0.368 e. The lowest BCUT2D eigenvalue weighted by Crippen LogP contribution is -2.44. The van der Waals surface area contributed by atoms with Crippen LogP contribution in [-0.4, -0.2) is 41.3 Å². The summed E-state index contributed by atoms with van der Waals surface area (Å²) < 4.78 is 20.9. The number of benzene rings is 1. The summed E-state index contributed by atoms with van der Waals surface area (Å²) in [5.41, 5.74) is 3.86. The molecule has 3 heterocycles. The van der Waals surface area contributed by atoms with Gasteiger partial charge in [-0.15, -0.1) is 12.4 Å². The standard InChI is InChI=1S/C26H35FN6O.ClH/c1-17-18(13-30-15-23-31-25(32-34-23)26(2,3)4)8-9-21(24(17)27)20-10-11-29-14-22(20)33-12-6-7-19(16-33)28-5;/h8-11,14,19,28,30H,6-7,12-13,15-16H2,1-5H3;1H. The zero-order valence-corrected chi connectivity index (χ0v) is 22.0. The van der Waals surface area contributed by atoms with E-state index in [0.717, 1.165) is 42.7 Å². The van der Waals surface area contributed by atoms with Crippen molar-refractivity contribution in [2.24, 2.45) is 0 Å². The first-order valence-corrected chi connectivity index (χ1v) is 12.0. The van der Waals surface area contributed by atoms with Gasteiger partial charge < -0.3 is 20.1 Å². The van der Waals surface area contributed by atoms with Crippen LogP contribution in [0.2, 0.25) is 0 Å². The number of nitrogens with one attached hydrogen (secondary N) is 2. The molecule has 0 radical (unpaired) electrons. The molecule has 1 fully saturated rings. The molecule has 0 saturated carbocycles. The predicted molar refractivity (Wildman–Crippen MR) is 139 cm³/mol. The Morgan fingerprint density at radius 2 is 1.97 bits per heavy atom. The van der Waals surface area contributed by atoms with E-state index in [2.05, 4.69) is 30.7 Å². The zero-order valence-electron chi connectivity index (χ0n) is 21.2. The Kier molecular flexibility index (Phi) is 8.85. The van der Waals surface area contributed by atoms with Gasteiger partial charge in [-0.2, -0.15) is 4.98 Å². The van der Waals surface area contributed by atoms with Crippen LogP contribution in [0.4, 0.5) is 10.1 Å². The van der Waals surface area contributed by atoms with Crippen molar-refractivity contribution >= 4 is 18.1 Å². The highest BCUT2D eigenvalue weighted by Gasteiger charge is 2.23. The van der Waals surface area contributed by atoms with E-state index in [0.29, 0.717) is 42.0 Å².